The first kappa shape index (κ1) is 13.0. The zero-order valence-corrected chi connectivity index (χ0v) is 11.9. The lowest BCUT2D eigenvalue weighted by molar-refractivity contribution is 0.546. The molecule has 2 rings (SSSR count). The van der Waals surface area contributed by atoms with E-state index in [9.17, 15) is 0 Å². The molecule has 0 unspecified atom stereocenters. The van der Waals surface area contributed by atoms with E-state index in [2.05, 4.69) is 49.8 Å². The first-order valence-electron chi connectivity index (χ1n) is 5.98. The standard InChI is InChI=1S/C15H17ClN2/c1-10-6-5-7-11(8-10)12-9-13(16)18-14(17-12)15(2,3)4/h5-9H,1-4H3. The van der Waals surface area contributed by atoms with E-state index in [1.54, 1.807) is 0 Å². The number of hydrogen-bond donors (Lipinski definition) is 0. The van der Waals surface area contributed by atoms with E-state index in [1.165, 1.54) is 5.56 Å². The highest BCUT2D eigenvalue weighted by atomic mass is 35.5. The van der Waals surface area contributed by atoms with Gasteiger partial charge in [0.15, 0.2) is 0 Å². The van der Waals surface area contributed by atoms with Crippen LogP contribution < -0.4 is 0 Å². The zero-order valence-electron chi connectivity index (χ0n) is 11.2. The van der Waals surface area contributed by atoms with Crippen molar-refractivity contribution in [3.05, 3.63) is 46.9 Å². The maximum Gasteiger partial charge on any atom is 0.136 e. The molecule has 0 amide bonds. The Balaban J connectivity index is 2.55. The van der Waals surface area contributed by atoms with E-state index in [0.29, 0.717) is 5.15 Å². The molecule has 0 spiro atoms. The average Bonchev–Trinajstić information content (AvgIpc) is 2.27. The third kappa shape index (κ3) is 2.88. The summed E-state index contributed by atoms with van der Waals surface area (Å²) >= 11 is 6.09. The predicted octanol–water partition coefficient (Wildman–Crippen LogP) is 4.40. The van der Waals surface area contributed by atoms with Crippen LogP contribution in [-0.4, -0.2) is 9.97 Å². The molecule has 2 nitrogen and oxygen atoms in total. The Hall–Kier alpha value is -1.41. The fourth-order valence-electron chi connectivity index (χ4n) is 1.71. The molecule has 0 aliphatic heterocycles. The minimum Gasteiger partial charge on any atom is -0.232 e. The molecular formula is C15H17ClN2. The second-order valence-corrected chi connectivity index (χ2v) is 5.91. The van der Waals surface area contributed by atoms with E-state index >= 15 is 0 Å². The third-order valence-corrected chi connectivity index (χ3v) is 2.87. The lowest BCUT2D eigenvalue weighted by Crippen LogP contribution is -2.16. The van der Waals surface area contributed by atoms with Gasteiger partial charge < -0.3 is 0 Å². The number of hydrogen-bond acceptors (Lipinski definition) is 2. The molecule has 0 atom stereocenters. The van der Waals surface area contributed by atoms with Crippen LogP contribution in [-0.2, 0) is 5.41 Å². The summed E-state index contributed by atoms with van der Waals surface area (Å²) in [5, 5.41) is 0.492. The van der Waals surface area contributed by atoms with E-state index in [1.807, 2.05) is 18.2 Å². The van der Waals surface area contributed by atoms with Crippen molar-refractivity contribution in [3.63, 3.8) is 0 Å². The van der Waals surface area contributed by atoms with Crippen LogP contribution in [0.25, 0.3) is 11.3 Å². The maximum absolute atomic E-state index is 6.09. The Morgan fingerprint density at radius 2 is 1.78 bits per heavy atom. The van der Waals surface area contributed by atoms with E-state index in [4.69, 9.17) is 11.6 Å². The SMILES string of the molecule is Cc1cccc(-c2cc(Cl)nc(C(C)(C)C)n2)c1. The predicted molar refractivity (Wildman–Crippen MR) is 75.9 cm³/mol. The molecule has 1 aromatic carbocycles. The van der Waals surface area contributed by atoms with Crippen molar-refractivity contribution in [1.29, 1.82) is 0 Å². The van der Waals surface area contributed by atoms with Crippen LogP contribution in [0.4, 0.5) is 0 Å². The lowest BCUT2D eigenvalue weighted by Gasteiger charge is -2.17. The summed E-state index contributed by atoms with van der Waals surface area (Å²) < 4.78 is 0. The second-order valence-electron chi connectivity index (χ2n) is 5.52. The molecule has 0 aliphatic rings. The Morgan fingerprint density at radius 3 is 2.39 bits per heavy atom. The summed E-state index contributed by atoms with van der Waals surface area (Å²) in [5.74, 6) is 0.770. The van der Waals surface area contributed by atoms with Crippen molar-refractivity contribution < 1.29 is 0 Å². The molecule has 1 heterocycles. The van der Waals surface area contributed by atoms with Crippen LogP contribution >= 0.6 is 11.6 Å². The topological polar surface area (TPSA) is 25.8 Å². The smallest absolute Gasteiger partial charge is 0.136 e. The summed E-state index contributed by atoms with van der Waals surface area (Å²) in [4.78, 5) is 8.93. The van der Waals surface area contributed by atoms with E-state index in [-0.39, 0.29) is 5.41 Å². The number of aromatic nitrogens is 2. The minimum absolute atomic E-state index is 0.108. The molecule has 0 fully saturated rings. The fourth-order valence-corrected chi connectivity index (χ4v) is 1.89. The van der Waals surface area contributed by atoms with Crippen molar-refractivity contribution in [3.8, 4) is 11.3 Å². The summed E-state index contributed by atoms with van der Waals surface area (Å²) in [7, 11) is 0. The van der Waals surface area contributed by atoms with Gasteiger partial charge in [-0.2, -0.15) is 0 Å². The Morgan fingerprint density at radius 1 is 1.06 bits per heavy atom. The van der Waals surface area contributed by atoms with Gasteiger partial charge in [-0.1, -0.05) is 56.1 Å². The Labute approximate surface area is 113 Å². The second kappa shape index (κ2) is 4.69. The first-order valence-corrected chi connectivity index (χ1v) is 6.36. The Bertz CT molecular complexity index is 571. The molecule has 3 heteroatoms. The molecule has 0 radical (unpaired) electrons. The van der Waals surface area contributed by atoms with Crippen LogP contribution in [0.3, 0.4) is 0 Å². The molecule has 0 aliphatic carbocycles. The Kier molecular flexibility index (Phi) is 3.40. The van der Waals surface area contributed by atoms with Crippen LogP contribution in [0.2, 0.25) is 5.15 Å². The third-order valence-electron chi connectivity index (χ3n) is 2.68. The van der Waals surface area contributed by atoms with Gasteiger partial charge in [-0.05, 0) is 13.0 Å². The highest BCUT2D eigenvalue weighted by molar-refractivity contribution is 6.29. The number of benzene rings is 1. The normalized spacial score (nSPS) is 11.6. The van der Waals surface area contributed by atoms with Gasteiger partial charge in [0.1, 0.15) is 11.0 Å². The van der Waals surface area contributed by atoms with Crippen molar-refractivity contribution >= 4 is 11.6 Å². The van der Waals surface area contributed by atoms with Gasteiger partial charge in [0.2, 0.25) is 0 Å². The van der Waals surface area contributed by atoms with E-state index in [0.717, 1.165) is 17.1 Å². The summed E-state index contributed by atoms with van der Waals surface area (Å²) in [5.41, 5.74) is 3.05. The summed E-state index contributed by atoms with van der Waals surface area (Å²) in [6.07, 6.45) is 0. The highest BCUT2D eigenvalue weighted by Crippen LogP contribution is 2.25. The van der Waals surface area contributed by atoms with Crippen molar-refractivity contribution in [2.75, 3.05) is 0 Å². The van der Waals surface area contributed by atoms with Crippen molar-refractivity contribution in [2.24, 2.45) is 0 Å². The van der Waals surface area contributed by atoms with Gasteiger partial charge in [-0.15, -0.1) is 0 Å². The van der Waals surface area contributed by atoms with Gasteiger partial charge in [0, 0.05) is 17.0 Å². The molecule has 1 aromatic heterocycles. The molecule has 0 bridgehead atoms. The monoisotopic (exact) mass is 260 g/mol. The highest BCUT2D eigenvalue weighted by Gasteiger charge is 2.19. The summed E-state index contributed by atoms with van der Waals surface area (Å²) in [6, 6.07) is 10.0. The number of rotatable bonds is 1. The zero-order chi connectivity index (χ0) is 13.3. The van der Waals surface area contributed by atoms with Gasteiger partial charge in [-0.3, -0.25) is 0 Å². The maximum atomic E-state index is 6.09. The molecule has 0 saturated heterocycles. The van der Waals surface area contributed by atoms with Crippen LogP contribution in [0.1, 0.15) is 32.2 Å². The van der Waals surface area contributed by atoms with Gasteiger partial charge in [0.25, 0.3) is 0 Å². The average molecular weight is 261 g/mol. The fraction of sp³-hybridized carbons (Fsp3) is 0.333. The van der Waals surface area contributed by atoms with Crippen molar-refractivity contribution in [1.82, 2.24) is 9.97 Å². The van der Waals surface area contributed by atoms with Gasteiger partial charge in [0.05, 0.1) is 5.69 Å². The quantitative estimate of drug-likeness (QED) is 0.710. The lowest BCUT2D eigenvalue weighted by atomic mass is 9.95. The number of aryl methyl sites for hydroxylation is 1. The molecule has 18 heavy (non-hydrogen) atoms. The molecule has 94 valence electrons. The number of nitrogens with zero attached hydrogens (tertiary/aromatic N) is 2. The molecule has 0 N–H and O–H groups in total. The first-order chi connectivity index (χ1) is 8.36. The number of halogens is 1. The van der Waals surface area contributed by atoms with Gasteiger partial charge >= 0.3 is 0 Å². The van der Waals surface area contributed by atoms with Gasteiger partial charge in [-0.25, -0.2) is 9.97 Å². The molecule has 2 aromatic rings. The van der Waals surface area contributed by atoms with Crippen molar-refractivity contribution in [2.45, 2.75) is 33.1 Å². The molecule has 0 saturated carbocycles. The van der Waals surface area contributed by atoms with Crippen LogP contribution in [0.15, 0.2) is 30.3 Å². The largest absolute Gasteiger partial charge is 0.232 e. The van der Waals surface area contributed by atoms with Crippen LogP contribution in [0, 0.1) is 6.92 Å². The minimum atomic E-state index is -0.108. The van der Waals surface area contributed by atoms with Crippen LogP contribution in [0.5, 0.6) is 0 Å². The molecular weight excluding hydrogens is 244 g/mol. The van der Waals surface area contributed by atoms with E-state index < -0.39 is 0 Å². The summed E-state index contributed by atoms with van der Waals surface area (Å²) in [6.45, 7) is 8.31.